The maximum absolute atomic E-state index is 2.58. The average molecular weight is 517 g/mol. The summed E-state index contributed by atoms with van der Waals surface area (Å²) in [6.45, 7) is 0.259. The minimum absolute atomic E-state index is 0.259. The van der Waals surface area contributed by atoms with Crippen molar-refractivity contribution >= 4 is 82.3 Å². The Morgan fingerprint density at radius 2 is 1.32 bits per heavy atom. The Hall–Kier alpha value is -4.12. The van der Waals surface area contributed by atoms with Crippen molar-refractivity contribution in [2.24, 2.45) is 0 Å². The van der Waals surface area contributed by atoms with E-state index in [1.54, 1.807) is 0 Å². The normalized spacial score (nSPS) is 13.2. The van der Waals surface area contributed by atoms with Gasteiger partial charge < -0.3 is 4.90 Å². The van der Waals surface area contributed by atoms with Crippen LogP contribution in [0.2, 0.25) is 0 Å². The van der Waals surface area contributed by atoms with Crippen LogP contribution in [-0.4, -0.2) is 6.71 Å². The van der Waals surface area contributed by atoms with E-state index in [0.717, 1.165) is 0 Å². The summed E-state index contributed by atoms with van der Waals surface area (Å²) >= 11 is 3.80. The first-order chi connectivity index (χ1) is 18.9. The van der Waals surface area contributed by atoms with Crippen molar-refractivity contribution in [1.82, 2.24) is 0 Å². The molecule has 0 unspecified atom stereocenters. The Balaban J connectivity index is 1.45. The van der Waals surface area contributed by atoms with Crippen molar-refractivity contribution in [2.75, 3.05) is 4.90 Å². The van der Waals surface area contributed by atoms with E-state index in [2.05, 4.69) is 126 Å². The molecule has 7 aromatic rings. The summed E-state index contributed by atoms with van der Waals surface area (Å²) in [4.78, 5) is 2.58. The highest BCUT2D eigenvalue weighted by molar-refractivity contribution is 7.34. The van der Waals surface area contributed by atoms with Gasteiger partial charge in [0.15, 0.2) is 0 Å². The Bertz CT molecular complexity index is 2050. The lowest BCUT2D eigenvalue weighted by molar-refractivity contribution is 1.35. The van der Waals surface area contributed by atoms with Gasteiger partial charge in [0.1, 0.15) is 0 Å². The quantitative estimate of drug-likeness (QED) is 0.210. The van der Waals surface area contributed by atoms with E-state index in [1.807, 2.05) is 22.7 Å². The molecule has 0 N–H and O–H groups in total. The fraction of sp³-hybridized carbons (Fsp3) is 0. The van der Waals surface area contributed by atoms with Crippen LogP contribution >= 0.6 is 22.7 Å². The summed E-state index contributed by atoms with van der Waals surface area (Å²) in [6.07, 6.45) is 0. The van der Waals surface area contributed by atoms with Crippen LogP contribution in [0.1, 0.15) is 0 Å². The van der Waals surface area contributed by atoms with Crippen molar-refractivity contribution in [1.29, 1.82) is 0 Å². The molecule has 0 saturated heterocycles. The summed E-state index contributed by atoms with van der Waals surface area (Å²) in [7, 11) is 0. The van der Waals surface area contributed by atoms with Gasteiger partial charge in [0.05, 0.1) is 11.4 Å². The first-order valence-electron chi connectivity index (χ1n) is 13.0. The van der Waals surface area contributed by atoms with E-state index in [0.29, 0.717) is 0 Å². The lowest BCUT2D eigenvalue weighted by atomic mass is 9.40. The zero-order chi connectivity index (χ0) is 24.8. The Kier molecular flexibility index (Phi) is 4.23. The number of fused-ring (bicyclic) bond motifs is 8. The van der Waals surface area contributed by atoms with Gasteiger partial charge in [-0.25, -0.2) is 0 Å². The number of anilines is 3. The molecule has 2 aliphatic heterocycles. The second kappa shape index (κ2) is 7.70. The molecule has 0 fully saturated rings. The molecule has 0 radical (unpaired) electrons. The molecule has 5 aromatic carbocycles. The van der Waals surface area contributed by atoms with E-state index in [-0.39, 0.29) is 6.71 Å². The smallest absolute Gasteiger partial charge is 0.260 e. The second-order valence-electron chi connectivity index (χ2n) is 10.1. The van der Waals surface area contributed by atoms with Gasteiger partial charge >= 0.3 is 0 Å². The number of rotatable bonds is 2. The van der Waals surface area contributed by atoms with E-state index < -0.39 is 0 Å². The van der Waals surface area contributed by atoms with Gasteiger partial charge in [0.25, 0.3) is 6.71 Å². The molecule has 0 saturated carbocycles. The average Bonchev–Trinajstić information content (AvgIpc) is 3.67. The molecule has 0 spiro atoms. The summed E-state index contributed by atoms with van der Waals surface area (Å²) < 4.78 is 4.13. The van der Waals surface area contributed by atoms with E-state index in [1.165, 1.54) is 75.2 Å². The highest BCUT2D eigenvalue weighted by Gasteiger charge is 2.45. The third kappa shape index (κ3) is 2.71. The highest BCUT2D eigenvalue weighted by Crippen LogP contribution is 2.49. The topological polar surface area (TPSA) is 3.24 Å². The summed E-state index contributed by atoms with van der Waals surface area (Å²) in [5, 5.41) is 5.00. The van der Waals surface area contributed by atoms with Gasteiger partial charge in [-0.15, -0.1) is 22.7 Å². The molecule has 2 aliphatic rings. The van der Waals surface area contributed by atoms with Crippen molar-refractivity contribution in [2.45, 2.75) is 0 Å². The van der Waals surface area contributed by atoms with Crippen molar-refractivity contribution in [3.63, 3.8) is 0 Å². The predicted octanol–water partition coefficient (Wildman–Crippen LogP) is 8.06. The minimum Gasteiger partial charge on any atom is -0.309 e. The zero-order valence-electron chi connectivity index (χ0n) is 20.4. The van der Waals surface area contributed by atoms with Crippen LogP contribution in [0.3, 0.4) is 0 Å². The maximum atomic E-state index is 2.58. The Labute approximate surface area is 229 Å². The molecular weight excluding hydrogens is 497 g/mol. The summed E-state index contributed by atoms with van der Waals surface area (Å²) in [6, 6.07) is 42.5. The Morgan fingerprint density at radius 1 is 0.579 bits per heavy atom. The number of benzene rings is 5. The first-order valence-corrected chi connectivity index (χ1v) is 14.7. The lowest BCUT2D eigenvalue weighted by Gasteiger charge is -2.34. The second-order valence-corrected chi connectivity index (χ2v) is 12.1. The maximum Gasteiger partial charge on any atom is 0.260 e. The molecule has 4 heteroatoms. The standard InChI is InChI=1S/C34H20BNS2/c1-2-10-21(11-3-1)22-18-26-23-12-4-7-15-27(23)35-32(26)28(19-22)36(29-20-37-30-16-8-5-13-24(29)30)33-25-14-6-9-17-31(25)38-34(33)35/h1-20H. The largest absolute Gasteiger partial charge is 0.309 e. The van der Waals surface area contributed by atoms with Crippen LogP contribution in [0.25, 0.3) is 42.4 Å². The molecular formula is C34H20BNS2. The van der Waals surface area contributed by atoms with Crippen LogP contribution in [0.5, 0.6) is 0 Å². The summed E-state index contributed by atoms with van der Waals surface area (Å²) in [5.74, 6) is 0. The molecule has 0 atom stereocenters. The predicted molar refractivity (Wildman–Crippen MR) is 167 cm³/mol. The van der Waals surface area contributed by atoms with Crippen LogP contribution in [-0.2, 0) is 0 Å². The summed E-state index contributed by atoms with van der Waals surface area (Å²) in [5.41, 5.74) is 12.1. The van der Waals surface area contributed by atoms with Crippen molar-refractivity contribution in [3.05, 3.63) is 121 Å². The van der Waals surface area contributed by atoms with Gasteiger partial charge in [-0.2, -0.15) is 0 Å². The zero-order valence-corrected chi connectivity index (χ0v) is 22.0. The van der Waals surface area contributed by atoms with Crippen LogP contribution in [0, 0.1) is 0 Å². The first kappa shape index (κ1) is 20.9. The van der Waals surface area contributed by atoms with Crippen LogP contribution in [0.4, 0.5) is 17.1 Å². The van der Waals surface area contributed by atoms with Gasteiger partial charge in [0, 0.05) is 36.0 Å². The third-order valence-corrected chi connectivity index (χ3v) is 10.3. The lowest BCUT2D eigenvalue weighted by Crippen LogP contribution is -2.53. The van der Waals surface area contributed by atoms with Gasteiger partial charge in [0.2, 0.25) is 0 Å². The molecule has 176 valence electrons. The van der Waals surface area contributed by atoms with Crippen LogP contribution < -0.4 is 20.6 Å². The van der Waals surface area contributed by atoms with E-state index >= 15 is 0 Å². The molecule has 38 heavy (non-hydrogen) atoms. The van der Waals surface area contributed by atoms with Gasteiger partial charge in [-0.3, -0.25) is 0 Å². The van der Waals surface area contributed by atoms with Crippen LogP contribution in [0.15, 0.2) is 121 Å². The minimum atomic E-state index is 0.259. The monoisotopic (exact) mass is 517 g/mol. The molecule has 2 aromatic heterocycles. The number of hydrogen-bond acceptors (Lipinski definition) is 3. The van der Waals surface area contributed by atoms with Gasteiger partial charge in [-0.1, -0.05) is 96.5 Å². The fourth-order valence-electron chi connectivity index (χ4n) is 6.55. The van der Waals surface area contributed by atoms with E-state index in [4.69, 9.17) is 0 Å². The molecule has 0 amide bonds. The molecule has 0 aliphatic carbocycles. The molecule has 9 rings (SSSR count). The third-order valence-electron chi connectivity index (χ3n) is 8.14. The molecule has 4 heterocycles. The Morgan fingerprint density at radius 3 is 2.21 bits per heavy atom. The number of hydrogen-bond donors (Lipinski definition) is 0. The van der Waals surface area contributed by atoms with Gasteiger partial charge in [-0.05, 0) is 52.0 Å². The fourth-order valence-corrected chi connectivity index (χ4v) is 8.80. The number of thiophene rings is 2. The van der Waals surface area contributed by atoms with Crippen molar-refractivity contribution in [3.8, 4) is 22.3 Å². The highest BCUT2D eigenvalue weighted by atomic mass is 32.1. The molecule has 0 bridgehead atoms. The molecule has 1 nitrogen and oxygen atoms in total. The SMILES string of the molecule is c1ccc(-c2cc3c4c(c2)N(c2csc5ccccc25)c2c(sc5ccccc25)B4c2ccccc2-3)cc1. The number of nitrogens with zero attached hydrogens (tertiary/aromatic N) is 1. The van der Waals surface area contributed by atoms with Crippen molar-refractivity contribution < 1.29 is 0 Å². The van der Waals surface area contributed by atoms with E-state index in [9.17, 15) is 0 Å².